The molecule has 0 fully saturated rings. The fourth-order valence-corrected chi connectivity index (χ4v) is 2.88. The molecule has 0 bridgehead atoms. The maximum atomic E-state index is 11.6. The third-order valence-electron chi connectivity index (χ3n) is 3.01. The molecule has 1 aromatic heterocycles. The van der Waals surface area contributed by atoms with E-state index >= 15 is 0 Å². The number of anilines is 1. The average Bonchev–Trinajstić information content (AvgIpc) is 2.79. The Labute approximate surface area is 128 Å². The van der Waals surface area contributed by atoms with Crippen molar-refractivity contribution < 1.29 is 9.53 Å². The summed E-state index contributed by atoms with van der Waals surface area (Å²) in [6.45, 7) is 5.80. The first-order chi connectivity index (χ1) is 10.0. The molecule has 1 heterocycles. The lowest BCUT2D eigenvalue weighted by Gasteiger charge is -2.06. The lowest BCUT2D eigenvalue weighted by molar-refractivity contribution is -0.111. The second-order valence-corrected chi connectivity index (χ2v) is 5.80. The number of thiazole rings is 1. The molecule has 0 spiro atoms. The van der Waals surface area contributed by atoms with E-state index < -0.39 is 0 Å². The highest BCUT2D eigenvalue weighted by Crippen LogP contribution is 2.32. The Hall–Kier alpha value is -2.14. The van der Waals surface area contributed by atoms with Gasteiger partial charge < -0.3 is 4.74 Å². The second-order valence-electron chi connectivity index (χ2n) is 4.60. The smallest absolute Gasteiger partial charge is 0.249 e. The lowest BCUT2D eigenvalue weighted by Crippen LogP contribution is -2.07. The van der Waals surface area contributed by atoms with E-state index in [4.69, 9.17) is 4.74 Å². The quantitative estimate of drug-likeness (QED) is 0.870. The predicted octanol–water partition coefficient (Wildman–Crippen LogP) is 3.95. The first-order valence-corrected chi connectivity index (χ1v) is 7.43. The third-order valence-corrected chi connectivity index (χ3v) is 3.90. The Morgan fingerprint density at radius 1 is 1.38 bits per heavy atom. The number of nitrogens with one attached hydrogen (secondary N) is 1. The molecule has 2 aromatic rings. The van der Waals surface area contributed by atoms with Crippen LogP contribution in [0.25, 0.3) is 11.3 Å². The molecule has 0 atom stereocenters. The molecule has 110 valence electrons. The molecule has 0 aliphatic heterocycles. The summed E-state index contributed by atoms with van der Waals surface area (Å²) in [5.41, 5.74) is 2.97. The van der Waals surface area contributed by atoms with Gasteiger partial charge in [-0.25, -0.2) is 4.98 Å². The molecule has 0 aliphatic rings. The molecule has 0 aliphatic carbocycles. The van der Waals surface area contributed by atoms with Crippen LogP contribution in [-0.4, -0.2) is 18.0 Å². The number of aryl methyl sites for hydroxylation is 2. The number of nitrogens with zero attached hydrogens (tertiary/aromatic N) is 1. The molecule has 0 unspecified atom stereocenters. The summed E-state index contributed by atoms with van der Waals surface area (Å²) in [5, 5.41) is 3.38. The van der Waals surface area contributed by atoms with E-state index in [1.807, 2.05) is 32.0 Å². The van der Waals surface area contributed by atoms with Gasteiger partial charge in [0.15, 0.2) is 5.13 Å². The number of ether oxygens (including phenoxy) is 1. The Bertz CT molecular complexity index is 690. The van der Waals surface area contributed by atoms with Gasteiger partial charge in [-0.3, -0.25) is 10.1 Å². The third kappa shape index (κ3) is 3.49. The van der Waals surface area contributed by atoms with E-state index in [-0.39, 0.29) is 5.91 Å². The van der Waals surface area contributed by atoms with Gasteiger partial charge in [0.25, 0.3) is 0 Å². The molecule has 21 heavy (non-hydrogen) atoms. The first-order valence-electron chi connectivity index (χ1n) is 6.61. The predicted molar refractivity (Wildman–Crippen MR) is 87.0 cm³/mol. The van der Waals surface area contributed by atoms with Gasteiger partial charge in [0.05, 0.1) is 12.8 Å². The van der Waals surface area contributed by atoms with Crippen LogP contribution in [0.4, 0.5) is 5.13 Å². The summed E-state index contributed by atoms with van der Waals surface area (Å²) in [6, 6.07) is 5.95. The first kappa shape index (κ1) is 15.3. The number of carbonyl (C=O) groups excluding carboxylic acids is 1. The van der Waals surface area contributed by atoms with Gasteiger partial charge >= 0.3 is 0 Å². The van der Waals surface area contributed by atoms with Crippen LogP contribution in [0, 0.1) is 13.8 Å². The van der Waals surface area contributed by atoms with Crippen molar-refractivity contribution in [3.63, 3.8) is 0 Å². The molecular formula is C16H18N2O2S. The number of hydrogen-bond acceptors (Lipinski definition) is 4. The highest BCUT2D eigenvalue weighted by molar-refractivity contribution is 7.16. The van der Waals surface area contributed by atoms with Gasteiger partial charge in [0, 0.05) is 10.4 Å². The lowest BCUT2D eigenvalue weighted by atomic mass is 10.1. The average molecular weight is 302 g/mol. The van der Waals surface area contributed by atoms with Gasteiger partial charge in [-0.2, -0.15) is 0 Å². The number of benzene rings is 1. The highest BCUT2D eigenvalue weighted by Gasteiger charge is 2.12. The Kier molecular flexibility index (Phi) is 4.75. The van der Waals surface area contributed by atoms with Crippen molar-refractivity contribution in [3.8, 4) is 17.0 Å². The van der Waals surface area contributed by atoms with Gasteiger partial charge in [-0.1, -0.05) is 6.08 Å². The molecule has 2 rings (SSSR count). The molecule has 1 amide bonds. The van der Waals surface area contributed by atoms with E-state index in [1.54, 1.807) is 20.1 Å². The monoisotopic (exact) mass is 302 g/mol. The number of hydrogen-bond donors (Lipinski definition) is 1. The van der Waals surface area contributed by atoms with Crippen molar-refractivity contribution in [3.05, 3.63) is 40.8 Å². The summed E-state index contributed by atoms with van der Waals surface area (Å²) in [4.78, 5) is 17.1. The molecule has 0 radical (unpaired) electrons. The standard InChI is InChI=1S/C16H18N2O2S/c1-5-6-14(19)17-16-18-15(11(3)21-16)12-7-8-13(20-4)10(2)9-12/h5-9H,1-4H3,(H,17,18,19)/b6-5+. The fraction of sp³-hybridized carbons (Fsp3) is 0.250. The van der Waals surface area contributed by atoms with E-state index in [0.29, 0.717) is 5.13 Å². The van der Waals surface area contributed by atoms with Gasteiger partial charge in [-0.15, -0.1) is 11.3 Å². The summed E-state index contributed by atoms with van der Waals surface area (Å²) in [7, 11) is 1.66. The number of carbonyl (C=O) groups is 1. The summed E-state index contributed by atoms with van der Waals surface area (Å²) in [5.74, 6) is 0.692. The number of rotatable bonds is 4. The molecule has 1 aromatic carbocycles. The zero-order chi connectivity index (χ0) is 15.4. The minimum Gasteiger partial charge on any atom is -0.496 e. The van der Waals surface area contributed by atoms with Crippen LogP contribution >= 0.6 is 11.3 Å². The molecule has 0 saturated heterocycles. The number of amides is 1. The van der Waals surface area contributed by atoms with Crippen molar-refractivity contribution >= 4 is 22.4 Å². The van der Waals surface area contributed by atoms with Crippen LogP contribution in [0.3, 0.4) is 0 Å². The van der Waals surface area contributed by atoms with Crippen LogP contribution in [0.15, 0.2) is 30.4 Å². The van der Waals surface area contributed by atoms with E-state index in [0.717, 1.165) is 27.4 Å². The normalized spacial score (nSPS) is 10.9. The second kappa shape index (κ2) is 6.54. The van der Waals surface area contributed by atoms with Crippen LogP contribution in [-0.2, 0) is 4.79 Å². The summed E-state index contributed by atoms with van der Waals surface area (Å²) < 4.78 is 5.27. The van der Waals surface area contributed by atoms with E-state index in [2.05, 4.69) is 10.3 Å². The minimum atomic E-state index is -0.163. The summed E-state index contributed by atoms with van der Waals surface area (Å²) in [6.07, 6.45) is 3.18. The molecule has 1 N–H and O–H groups in total. The van der Waals surface area contributed by atoms with Crippen molar-refractivity contribution in [1.82, 2.24) is 4.98 Å². The Morgan fingerprint density at radius 3 is 2.76 bits per heavy atom. The summed E-state index contributed by atoms with van der Waals surface area (Å²) >= 11 is 1.47. The Balaban J connectivity index is 2.30. The van der Waals surface area contributed by atoms with E-state index in [1.165, 1.54) is 17.4 Å². The zero-order valence-corrected chi connectivity index (χ0v) is 13.4. The van der Waals surface area contributed by atoms with Gasteiger partial charge in [-0.05, 0) is 50.6 Å². The van der Waals surface area contributed by atoms with E-state index in [9.17, 15) is 4.79 Å². The highest BCUT2D eigenvalue weighted by atomic mass is 32.1. The number of allylic oxidation sites excluding steroid dienone is 1. The van der Waals surface area contributed by atoms with Gasteiger partial charge in [0.2, 0.25) is 5.91 Å². The molecule has 0 saturated carbocycles. The van der Waals surface area contributed by atoms with Crippen molar-refractivity contribution in [2.45, 2.75) is 20.8 Å². The van der Waals surface area contributed by atoms with Gasteiger partial charge in [0.1, 0.15) is 5.75 Å². The maximum absolute atomic E-state index is 11.6. The molecular weight excluding hydrogens is 284 g/mol. The van der Waals surface area contributed by atoms with Crippen molar-refractivity contribution in [2.75, 3.05) is 12.4 Å². The van der Waals surface area contributed by atoms with Crippen LogP contribution < -0.4 is 10.1 Å². The SMILES string of the molecule is C/C=C/C(=O)Nc1nc(-c2ccc(OC)c(C)c2)c(C)s1. The number of aromatic nitrogens is 1. The maximum Gasteiger partial charge on any atom is 0.249 e. The minimum absolute atomic E-state index is 0.163. The zero-order valence-electron chi connectivity index (χ0n) is 12.6. The van der Waals surface area contributed by atoms with Crippen LogP contribution in [0.1, 0.15) is 17.4 Å². The fourth-order valence-electron chi connectivity index (χ4n) is 2.04. The van der Waals surface area contributed by atoms with Crippen LogP contribution in [0.5, 0.6) is 5.75 Å². The number of methoxy groups -OCH3 is 1. The van der Waals surface area contributed by atoms with Crippen molar-refractivity contribution in [1.29, 1.82) is 0 Å². The molecule has 4 nitrogen and oxygen atoms in total. The Morgan fingerprint density at radius 2 is 2.14 bits per heavy atom. The largest absolute Gasteiger partial charge is 0.496 e. The van der Waals surface area contributed by atoms with Crippen molar-refractivity contribution in [2.24, 2.45) is 0 Å². The van der Waals surface area contributed by atoms with Crippen LogP contribution in [0.2, 0.25) is 0 Å². The topological polar surface area (TPSA) is 51.2 Å². The molecule has 5 heteroatoms.